The number of benzene rings is 1. The molecule has 0 fully saturated rings. The van der Waals surface area contributed by atoms with Crippen molar-refractivity contribution in [3.63, 3.8) is 0 Å². The first-order chi connectivity index (χ1) is 9.45. The predicted molar refractivity (Wildman–Crippen MR) is 70.7 cm³/mol. The number of Topliss-reactive ketones (excluding diaryl/α,β-unsaturated/α-hetero) is 1. The second-order valence-electron chi connectivity index (χ2n) is 4.94. The van der Waals surface area contributed by atoms with E-state index in [1.165, 1.54) is 4.90 Å². The topological polar surface area (TPSA) is 49.4 Å². The van der Waals surface area contributed by atoms with Crippen LogP contribution in [0.4, 0.5) is 14.5 Å². The van der Waals surface area contributed by atoms with Gasteiger partial charge in [0.2, 0.25) is 0 Å². The molecule has 1 amide bonds. The van der Waals surface area contributed by atoms with Crippen molar-refractivity contribution in [2.75, 3.05) is 24.5 Å². The molecular formula is C14H16F2N2O2. The summed E-state index contributed by atoms with van der Waals surface area (Å²) in [6.45, 7) is 5.64. The molecule has 0 radical (unpaired) electrons. The van der Waals surface area contributed by atoms with Gasteiger partial charge in [-0.25, -0.2) is 8.78 Å². The van der Waals surface area contributed by atoms with E-state index in [0.29, 0.717) is 6.54 Å². The van der Waals surface area contributed by atoms with Gasteiger partial charge >= 0.3 is 0 Å². The zero-order valence-corrected chi connectivity index (χ0v) is 11.4. The number of halogens is 2. The molecule has 6 heteroatoms. The van der Waals surface area contributed by atoms with Crippen molar-refractivity contribution in [1.29, 1.82) is 0 Å². The molecule has 0 aliphatic carbocycles. The number of carbonyl (C=O) groups is 2. The quantitative estimate of drug-likeness (QED) is 0.837. The SMILES string of the molecule is CCNCC(C)CN1C(=O)C(=O)c2cc(F)c(F)cc21. The Balaban J connectivity index is 2.26. The molecule has 0 aromatic heterocycles. The standard InChI is InChI=1S/C14H16F2N2O2/c1-3-17-6-8(2)7-18-12-5-11(16)10(15)4-9(12)13(19)14(18)20/h4-5,8,17H,3,6-7H2,1-2H3. The van der Waals surface area contributed by atoms with E-state index in [1.54, 1.807) is 0 Å². The van der Waals surface area contributed by atoms with Crippen LogP contribution in [-0.2, 0) is 4.79 Å². The third-order valence-corrected chi connectivity index (χ3v) is 3.25. The molecule has 4 nitrogen and oxygen atoms in total. The second kappa shape index (κ2) is 5.66. The highest BCUT2D eigenvalue weighted by Gasteiger charge is 2.37. The van der Waals surface area contributed by atoms with Crippen LogP contribution in [0, 0.1) is 17.6 Å². The Labute approximate surface area is 115 Å². The largest absolute Gasteiger partial charge is 0.317 e. The van der Waals surface area contributed by atoms with Crippen LogP contribution in [0.25, 0.3) is 0 Å². The zero-order chi connectivity index (χ0) is 14.9. The van der Waals surface area contributed by atoms with Gasteiger partial charge in [-0.1, -0.05) is 13.8 Å². The van der Waals surface area contributed by atoms with Crippen LogP contribution < -0.4 is 10.2 Å². The van der Waals surface area contributed by atoms with Gasteiger partial charge in [0.05, 0.1) is 11.3 Å². The van der Waals surface area contributed by atoms with Crippen LogP contribution in [0.5, 0.6) is 0 Å². The van der Waals surface area contributed by atoms with Crippen LogP contribution in [0.1, 0.15) is 24.2 Å². The summed E-state index contributed by atoms with van der Waals surface area (Å²) in [4.78, 5) is 24.9. The lowest BCUT2D eigenvalue weighted by atomic mass is 10.1. The minimum absolute atomic E-state index is 0.0652. The molecule has 1 atom stereocenters. The normalized spacial score (nSPS) is 15.7. The molecule has 1 N–H and O–H groups in total. The van der Waals surface area contributed by atoms with Crippen molar-refractivity contribution in [2.24, 2.45) is 5.92 Å². The van der Waals surface area contributed by atoms with Crippen LogP contribution in [-0.4, -0.2) is 31.3 Å². The third-order valence-electron chi connectivity index (χ3n) is 3.25. The maximum atomic E-state index is 13.3. The Morgan fingerprint density at radius 3 is 2.55 bits per heavy atom. The van der Waals surface area contributed by atoms with Gasteiger partial charge in [0.15, 0.2) is 11.6 Å². The molecule has 1 aliphatic rings. The van der Waals surface area contributed by atoms with Gasteiger partial charge in [-0.15, -0.1) is 0 Å². The lowest BCUT2D eigenvalue weighted by Crippen LogP contribution is -2.36. The number of nitrogens with zero attached hydrogens (tertiary/aromatic N) is 1. The molecule has 20 heavy (non-hydrogen) atoms. The monoisotopic (exact) mass is 282 g/mol. The lowest BCUT2D eigenvalue weighted by Gasteiger charge is -2.21. The number of nitrogens with one attached hydrogen (secondary N) is 1. The number of fused-ring (bicyclic) bond motifs is 1. The van der Waals surface area contributed by atoms with E-state index in [0.717, 1.165) is 18.7 Å². The summed E-state index contributed by atoms with van der Waals surface area (Å²) in [6, 6.07) is 1.70. The Hall–Kier alpha value is -1.82. The highest BCUT2D eigenvalue weighted by molar-refractivity contribution is 6.52. The number of anilines is 1. The minimum Gasteiger partial charge on any atom is -0.317 e. The summed E-state index contributed by atoms with van der Waals surface area (Å²) in [7, 11) is 0. The van der Waals surface area contributed by atoms with Gasteiger partial charge in [0.25, 0.3) is 11.7 Å². The van der Waals surface area contributed by atoms with Crippen LogP contribution in [0.3, 0.4) is 0 Å². The summed E-state index contributed by atoms with van der Waals surface area (Å²) in [6.07, 6.45) is 0. The Kier molecular flexibility index (Phi) is 4.13. The summed E-state index contributed by atoms with van der Waals surface area (Å²) in [5.74, 6) is -3.60. The highest BCUT2D eigenvalue weighted by atomic mass is 19.2. The molecule has 2 rings (SSSR count). The van der Waals surface area contributed by atoms with Gasteiger partial charge < -0.3 is 10.2 Å². The molecule has 0 saturated carbocycles. The van der Waals surface area contributed by atoms with Gasteiger partial charge in [-0.3, -0.25) is 9.59 Å². The molecule has 0 bridgehead atoms. The van der Waals surface area contributed by atoms with E-state index in [4.69, 9.17) is 0 Å². The summed E-state index contributed by atoms with van der Waals surface area (Å²) in [5.41, 5.74) is 0.0896. The summed E-state index contributed by atoms with van der Waals surface area (Å²) >= 11 is 0. The first kappa shape index (κ1) is 14.6. The first-order valence-electron chi connectivity index (χ1n) is 6.51. The number of ketones is 1. The predicted octanol–water partition coefficient (Wildman–Crippen LogP) is 1.74. The van der Waals surface area contributed by atoms with E-state index >= 15 is 0 Å². The number of carbonyl (C=O) groups excluding carboxylic acids is 2. The molecule has 1 aromatic rings. The minimum atomic E-state index is -1.12. The average Bonchev–Trinajstić information content (AvgIpc) is 2.63. The number of rotatable bonds is 5. The average molecular weight is 282 g/mol. The van der Waals surface area contributed by atoms with E-state index in [-0.39, 0.29) is 23.7 Å². The Bertz CT molecular complexity index is 560. The number of amides is 1. The van der Waals surface area contributed by atoms with Gasteiger partial charge in [-0.05, 0) is 25.1 Å². The summed E-state index contributed by atoms with van der Waals surface area (Å²) in [5, 5.41) is 3.14. The lowest BCUT2D eigenvalue weighted by molar-refractivity contribution is -0.114. The van der Waals surface area contributed by atoms with Gasteiger partial charge in [0.1, 0.15) is 0 Å². The molecule has 1 unspecified atom stereocenters. The van der Waals surface area contributed by atoms with Crippen molar-refractivity contribution in [3.8, 4) is 0 Å². The third kappa shape index (κ3) is 2.56. The Morgan fingerprint density at radius 1 is 1.25 bits per heavy atom. The summed E-state index contributed by atoms with van der Waals surface area (Å²) < 4.78 is 26.5. The van der Waals surface area contributed by atoms with E-state index in [2.05, 4.69) is 5.32 Å². The molecular weight excluding hydrogens is 266 g/mol. The first-order valence-corrected chi connectivity index (χ1v) is 6.51. The fourth-order valence-corrected chi connectivity index (χ4v) is 2.24. The van der Waals surface area contributed by atoms with Crippen molar-refractivity contribution >= 4 is 17.4 Å². The fraction of sp³-hybridized carbons (Fsp3) is 0.429. The van der Waals surface area contributed by atoms with Gasteiger partial charge in [-0.2, -0.15) is 0 Å². The van der Waals surface area contributed by atoms with E-state index < -0.39 is 23.3 Å². The molecule has 1 heterocycles. The van der Waals surface area contributed by atoms with Crippen molar-refractivity contribution in [1.82, 2.24) is 5.32 Å². The second-order valence-corrected chi connectivity index (χ2v) is 4.94. The van der Waals surface area contributed by atoms with E-state index in [1.807, 2.05) is 13.8 Å². The van der Waals surface area contributed by atoms with E-state index in [9.17, 15) is 18.4 Å². The fourth-order valence-electron chi connectivity index (χ4n) is 2.24. The number of hydrogen-bond donors (Lipinski definition) is 1. The molecule has 0 saturated heterocycles. The van der Waals surface area contributed by atoms with Gasteiger partial charge in [0, 0.05) is 12.6 Å². The molecule has 1 aliphatic heterocycles. The van der Waals surface area contributed by atoms with Crippen LogP contribution >= 0.6 is 0 Å². The molecule has 1 aromatic carbocycles. The van der Waals surface area contributed by atoms with Crippen molar-refractivity contribution < 1.29 is 18.4 Å². The maximum Gasteiger partial charge on any atom is 0.299 e. The van der Waals surface area contributed by atoms with Crippen LogP contribution in [0.2, 0.25) is 0 Å². The van der Waals surface area contributed by atoms with Crippen molar-refractivity contribution in [2.45, 2.75) is 13.8 Å². The zero-order valence-electron chi connectivity index (χ0n) is 11.4. The number of hydrogen-bond acceptors (Lipinski definition) is 3. The smallest absolute Gasteiger partial charge is 0.299 e. The Morgan fingerprint density at radius 2 is 1.90 bits per heavy atom. The maximum absolute atomic E-state index is 13.3. The molecule has 0 spiro atoms. The van der Waals surface area contributed by atoms with Crippen LogP contribution in [0.15, 0.2) is 12.1 Å². The molecule has 108 valence electrons. The highest BCUT2D eigenvalue weighted by Crippen LogP contribution is 2.31. The van der Waals surface area contributed by atoms with Crippen molar-refractivity contribution in [3.05, 3.63) is 29.3 Å².